The Kier molecular flexibility index (Phi) is 4.78. The van der Waals surface area contributed by atoms with Gasteiger partial charge in [0.1, 0.15) is 0 Å². The van der Waals surface area contributed by atoms with Gasteiger partial charge in [-0.2, -0.15) is 0 Å². The van der Waals surface area contributed by atoms with E-state index in [0.717, 1.165) is 10.6 Å². The Labute approximate surface area is 116 Å². The van der Waals surface area contributed by atoms with E-state index in [2.05, 4.69) is 13.0 Å². The summed E-state index contributed by atoms with van der Waals surface area (Å²) in [7, 11) is 0. The summed E-state index contributed by atoms with van der Waals surface area (Å²) in [6.07, 6.45) is 0. The van der Waals surface area contributed by atoms with Crippen LogP contribution in [-0.4, -0.2) is 0 Å². The average molecular weight is 282 g/mol. The number of hydrogen-bond acceptors (Lipinski definition) is 3. The monoisotopic (exact) mass is 281 g/mol. The van der Waals surface area contributed by atoms with E-state index in [1.165, 1.54) is 15.3 Å². The van der Waals surface area contributed by atoms with Crippen LogP contribution in [0, 0.1) is 6.92 Å². The number of rotatable bonds is 5. The van der Waals surface area contributed by atoms with Crippen LogP contribution >= 0.6 is 22.9 Å². The fourth-order valence-corrected chi connectivity index (χ4v) is 2.74. The molecule has 1 aromatic carbocycles. The van der Waals surface area contributed by atoms with Gasteiger partial charge in [0.05, 0.1) is 13.2 Å². The molecular formula is C14H16ClNOS. The highest BCUT2D eigenvalue weighted by Gasteiger charge is 2.04. The van der Waals surface area contributed by atoms with Crippen molar-refractivity contribution in [3.8, 4) is 0 Å². The SMILES string of the molecule is Cc1sc(CN)cc1COCc1ccc(Cl)cc1. The Morgan fingerprint density at radius 3 is 2.56 bits per heavy atom. The summed E-state index contributed by atoms with van der Waals surface area (Å²) in [4.78, 5) is 2.49. The molecule has 0 aliphatic rings. The molecule has 0 aliphatic heterocycles. The van der Waals surface area contributed by atoms with E-state index in [9.17, 15) is 0 Å². The van der Waals surface area contributed by atoms with E-state index >= 15 is 0 Å². The van der Waals surface area contributed by atoms with Crippen molar-refractivity contribution < 1.29 is 4.74 Å². The van der Waals surface area contributed by atoms with Crippen molar-refractivity contribution in [2.45, 2.75) is 26.7 Å². The summed E-state index contributed by atoms with van der Waals surface area (Å²) in [6, 6.07) is 9.84. The molecule has 1 heterocycles. The molecule has 1 aromatic heterocycles. The molecule has 0 fully saturated rings. The third-order valence-corrected chi connectivity index (χ3v) is 4.08. The molecule has 2 rings (SSSR count). The van der Waals surface area contributed by atoms with Crippen LogP contribution in [0.3, 0.4) is 0 Å². The molecule has 0 saturated heterocycles. The highest BCUT2D eigenvalue weighted by atomic mass is 35.5. The number of halogens is 1. The summed E-state index contributed by atoms with van der Waals surface area (Å²) in [5.41, 5.74) is 7.98. The van der Waals surface area contributed by atoms with Crippen molar-refractivity contribution in [3.05, 3.63) is 56.2 Å². The molecule has 2 aromatic rings. The largest absolute Gasteiger partial charge is 0.372 e. The molecule has 0 bridgehead atoms. The van der Waals surface area contributed by atoms with E-state index in [4.69, 9.17) is 22.1 Å². The lowest BCUT2D eigenvalue weighted by molar-refractivity contribution is 0.107. The lowest BCUT2D eigenvalue weighted by Crippen LogP contribution is -1.95. The number of thiophene rings is 1. The summed E-state index contributed by atoms with van der Waals surface area (Å²) in [5.74, 6) is 0. The third-order valence-electron chi connectivity index (χ3n) is 2.71. The van der Waals surface area contributed by atoms with Gasteiger partial charge in [0.2, 0.25) is 0 Å². The number of nitrogens with two attached hydrogens (primary N) is 1. The first-order valence-corrected chi connectivity index (χ1v) is 6.99. The van der Waals surface area contributed by atoms with E-state index in [0.29, 0.717) is 19.8 Å². The molecule has 0 saturated carbocycles. The fourth-order valence-electron chi connectivity index (χ4n) is 1.69. The number of hydrogen-bond donors (Lipinski definition) is 1. The second kappa shape index (κ2) is 6.34. The van der Waals surface area contributed by atoms with Crippen LogP contribution in [0.5, 0.6) is 0 Å². The molecule has 0 radical (unpaired) electrons. The Balaban J connectivity index is 1.88. The van der Waals surface area contributed by atoms with Gasteiger partial charge in [0.25, 0.3) is 0 Å². The van der Waals surface area contributed by atoms with Gasteiger partial charge in [-0.1, -0.05) is 23.7 Å². The first-order chi connectivity index (χ1) is 8.69. The van der Waals surface area contributed by atoms with Gasteiger partial charge < -0.3 is 10.5 Å². The lowest BCUT2D eigenvalue weighted by atomic mass is 10.2. The minimum Gasteiger partial charge on any atom is -0.372 e. The quantitative estimate of drug-likeness (QED) is 0.902. The van der Waals surface area contributed by atoms with Crippen LogP contribution in [0.4, 0.5) is 0 Å². The molecule has 2 nitrogen and oxygen atoms in total. The second-order valence-corrected chi connectivity index (χ2v) is 5.89. The highest BCUT2D eigenvalue weighted by molar-refractivity contribution is 7.12. The summed E-state index contributed by atoms with van der Waals surface area (Å²) in [6.45, 7) is 3.93. The number of aryl methyl sites for hydroxylation is 1. The first kappa shape index (κ1) is 13.6. The minimum atomic E-state index is 0.600. The summed E-state index contributed by atoms with van der Waals surface area (Å²) < 4.78 is 5.71. The zero-order valence-electron chi connectivity index (χ0n) is 10.3. The van der Waals surface area contributed by atoms with Crippen LogP contribution in [-0.2, 0) is 24.5 Å². The molecule has 0 spiro atoms. The minimum absolute atomic E-state index is 0.600. The Hall–Kier alpha value is -0.870. The first-order valence-electron chi connectivity index (χ1n) is 5.79. The smallest absolute Gasteiger partial charge is 0.0732 e. The molecule has 0 aliphatic carbocycles. The van der Waals surface area contributed by atoms with Gasteiger partial charge >= 0.3 is 0 Å². The fraction of sp³-hybridized carbons (Fsp3) is 0.286. The molecule has 18 heavy (non-hydrogen) atoms. The van der Waals surface area contributed by atoms with E-state index in [-0.39, 0.29) is 0 Å². The average Bonchev–Trinajstić information content (AvgIpc) is 2.73. The molecule has 2 N–H and O–H groups in total. The lowest BCUT2D eigenvalue weighted by Gasteiger charge is -2.04. The van der Waals surface area contributed by atoms with E-state index in [1.807, 2.05) is 24.3 Å². The van der Waals surface area contributed by atoms with E-state index < -0.39 is 0 Å². The third kappa shape index (κ3) is 3.56. The normalized spacial score (nSPS) is 10.8. The highest BCUT2D eigenvalue weighted by Crippen LogP contribution is 2.22. The maximum atomic E-state index is 5.83. The van der Waals surface area contributed by atoms with Crippen LogP contribution in [0.15, 0.2) is 30.3 Å². The van der Waals surface area contributed by atoms with Crippen LogP contribution in [0.1, 0.15) is 20.9 Å². The topological polar surface area (TPSA) is 35.2 Å². The maximum absolute atomic E-state index is 5.83. The Morgan fingerprint density at radius 1 is 1.22 bits per heavy atom. The second-order valence-electron chi connectivity index (χ2n) is 4.12. The molecule has 0 atom stereocenters. The van der Waals surface area contributed by atoms with Gasteiger partial charge in [-0.15, -0.1) is 11.3 Å². The van der Waals surface area contributed by atoms with Crippen molar-refractivity contribution >= 4 is 22.9 Å². The van der Waals surface area contributed by atoms with Gasteiger partial charge in [0, 0.05) is 21.3 Å². The van der Waals surface area contributed by atoms with Crippen molar-refractivity contribution in [1.29, 1.82) is 0 Å². The van der Waals surface area contributed by atoms with E-state index in [1.54, 1.807) is 11.3 Å². The van der Waals surface area contributed by atoms with Gasteiger partial charge in [-0.3, -0.25) is 0 Å². The summed E-state index contributed by atoms with van der Waals surface area (Å²) >= 11 is 7.57. The van der Waals surface area contributed by atoms with Gasteiger partial charge in [-0.05, 0) is 36.2 Å². The number of ether oxygens (including phenoxy) is 1. The zero-order chi connectivity index (χ0) is 13.0. The molecular weight excluding hydrogens is 266 g/mol. The Morgan fingerprint density at radius 2 is 1.94 bits per heavy atom. The van der Waals surface area contributed by atoms with Gasteiger partial charge in [0.15, 0.2) is 0 Å². The van der Waals surface area contributed by atoms with Crippen molar-refractivity contribution in [2.24, 2.45) is 5.73 Å². The van der Waals surface area contributed by atoms with Crippen LogP contribution < -0.4 is 5.73 Å². The number of benzene rings is 1. The zero-order valence-corrected chi connectivity index (χ0v) is 11.9. The maximum Gasteiger partial charge on any atom is 0.0732 e. The standard InChI is InChI=1S/C14H16ClNOS/c1-10-12(6-14(7-16)18-10)9-17-8-11-2-4-13(15)5-3-11/h2-6H,7-9,16H2,1H3. The van der Waals surface area contributed by atoms with Crippen LogP contribution in [0.25, 0.3) is 0 Å². The van der Waals surface area contributed by atoms with Crippen LogP contribution in [0.2, 0.25) is 5.02 Å². The van der Waals surface area contributed by atoms with Crippen molar-refractivity contribution in [2.75, 3.05) is 0 Å². The summed E-state index contributed by atoms with van der Waals surface area (Å²) in [5, 5.41) is 0.750. The molecule has 4 heteroatoms. The predicted molar refractivity (Wildman–Crippen MR) is 76.9 cm³/mol. The molecule has 0 unspecified atom stereocenters. The van der Waals surface area contributed by atoms with Crippen molar-refractivity contribution in [3.63, 3.8) is 0 Å². The Bertz CT molecular complexity index is 507. The van der Waals surface area contributed by atoms with Crippen molar-refractivity contribution in [1.82, 2.24) is 0 Å². The predicted octanol–water partition coefficient (Wildman–Crippen LogP) is 3.89. The molecule has 0 amide bonds. The van der Waals surface area contributed by atoms with Gasteiger partial charge in [-0.25, -0.2) is 0 Å². The molecule has 96 valence electrons.